The normalized spacial score (nSPS) is 15.9. The standard InChI is InChI=1S/C16H32N2O2/c1-3-20-16(19)11-5-4-8-12-17-13-14-18(2)15-9-6-7-10-15/h15,17H,3-14H2,1-2H3. The van der Waals surface area contributed by atoms with Crippen LogP contribution in [0.15, 0.2) is 0 Å². The van der Waals surface area contributed by atoms with E-state index in [0.717, 1.165) is 44.9 Å². The lowest BCUT2D eigenvalue weighted by atomic mass is 10.2. The van der Waals surface area contributed by atoms with E-state index in [4.69, 9.17) is 4.74 Å². The molecule has 1 aliphatic rings. The van der Waals surface area contributed by atoms with Crippen molar-refractivity contribution in [3.05, 3.63) is 0 Å². The summed E-state index contributed by atoms with van der Waals surface area (Å²) < 4.78 is 4.90. The Balaban J connectivity index is 1.83. The van der Waals surface area contributed by atoms with Gasteiger partial charge in [-0.2, -0.15) is 0 Å². The van der Waals surface area contributed by atoms with E-state index in [-0.39, 0.29) is 5.97 Å². The largest absolute Gasteiger partial charge is 0.466 e. The highest BCUT2D eigenvalue weighted by Crippen LogP contribution is 2.21. The molecule has 0 aromatic heterocycles. The maximum Gasteiger partial charge on any atom is 0.305 e. The summed E-state index contributed by atoms with van der Waals surface area (Å²) >= 11 is 0. The molecular formula is C16H32N2O2. The molecule has 0 saturated heterocycles. The minimum Gasteiger partial charge on any atom is -0.466 e. The van der Waals surface area contributed by atoms with E-state index in [1.54, 1.807) is 0 Å². The van der Waals surface area contributed by atoms with Gasteiger partial charge in [-0.05, 0) is 46.2 Å². The molecule has 118 valence electrons. The number of ether oxygens (including phenoxy) is 1. The van der Waals surface area contributed by atoms with E-state index in [0.29, 0.717) is 13.0 Å². The van der Waals surface area contributed by atoms with E-state index in [1.807, 2.05) is 6.92 Å². The summed E-state index contributed by atoms with van der Waals surface area (Å²) in [5, 5.41) is 3.50. The van der Waals surface area contributed by atoms with Gasteiger partial charge in [-0.15, -0.1) is 0 Å². The van der Waals surface area contributed by atoms with E-state index in [9.17, 15) is 4.79 Å². The Morgan fingerprint density at radius 1 is 1.20 bits per heavy atom. The quantitative estimate of drug-likeness (QED) is 0.468. The molecular weight excluding hydrogens is 252 g/mol. The first-order valence-electron chi connectivity index (χ1n) is 8.30. The predicted molar refractivity (Wildman–Crippen MR) is 82.9 cm³/mol. The Morgan fingerprint density at radius 2 is 1.95 bits per heavy atom. The summed E-state index contributed by atoms with van der Waals surface area (Å²) in [7, 11) is 2.25. The summed E-state index contributed by atoms with van der Waals surface area (Å²) in [5.41, 5.74) is 0. The number of carbonyl (C=O) groups is 1. The molecule has 4 heteroatoms. The second-order valence-corrected chi connectivity index (χ2v) is 5.78. The van der Waals surface area contributed by atoms with E-state index in [1.165, 1.54) is 25.7 Å². The zero-order valence-corrected chi connectivity index (χ0v) is 13.3. The highest BCUT2D eigenvalue weighted by atomic mass is 16.5. The fraction of sp³-hybridized carbons (Fsp3) is 0.938. The number of hydrogen-bond donors (Lipinski definition) is 1. The van der Waals surface area contributed by atoms with Crippen LogP contribution >= 0.6 is 0 Å². The van der Waals surface area contributed by atoms with Crippen LogP contribution in [0.5, 0.6) is 0 Å². The van der Waals surface area contributed by atoms with Crippen molar-refractivity contribution in [2.45, 2.75) is 64.3 Å². The van der Waals surface area contributed by atoms with Crippen molar-refractivity contribution >= 4 is 5.97 Å². The zero-order valence-electron chi connectivity index (χ0n) is 13.3. The van der Waals surface area contributed by atoms with Crippen molar-refractivity contribution in [3.63, 3.8) is 0 Å². The fourth-order valence-electron chi connectivity index (χ4n) is 2.84. The maximum atomic E-state index is 11.1. The first-order valence-corrected chi connectivity index (χ1v) is 8.30. The maximum absolute atomic E-state index is 11.1. The molecule has 1 rings (SSSR count). The van der Waals surface area contributed by atoms with Gasteiger partial charge in [-0.3, -0.25) is 4.79 Å². The van der Waals surface area contributed by atoms with Crippen LogP contribution in [-0.2, 0) is 9.53 Å². The molecule has 4 nitrogen and oxygen atoms in total. The highest BCUT2D eigenvalue weighted by molar-refractivity contribution is 5.69. The molecule has 1 aliphatic carbocycles. The molecule has 1 N–H and O–H groups in total. The highest BCUT2D eigenvalue weighted by Gasteiger charge is 2.18. The van der Waals surface area contributed by atoms with Crippen molar-refractivity contribution in [3.8, 4) is 0 Å². The van der Waals surface area contributed by atoms with Gasteiger partial charge in [-0.25, -0.2) is 0 Å². The molecule has 0 aromatic carbocycles. The van der Waals surface area contributed by atoms with Crippen molar-refractivity contribution in [2.75, 3.05) is 33.3 Å². The molecule has 0 spiro atoms. The monoisotopic (exact) mass is 284 g/mol. The number of nitrogens with one attached hydrogen (secondary N) is 1. The van der Waals surface area contributed by atoms with Gasteiger partial charge in [0.15, 0.2) is 0 Å². The number of esters is 1. The second kappa shape index (κ2) is 11.1. The lowest BCUT2D eigenvalue weighted by Gasteiger charge is -2.23. The van der Waals surface area contributed by atoms with Crippen molar-refractivity contribution in [1.82, 2.24) is 10.2 Å². The molecule has 0 aliphatic heterocycles. The minimum absolute atomic E-state index is 0.0568. The van der Waals surface area contributed by atoms with Crippen molar-refractivity contribution in [2.24, 2.45) is 0 Å². The number of rotatable bonds is 11. The molecule has 0 atom stereocenters. The van der Waals surface area contributed by atoms with E-state index >= 15 is 0 Å². The minimum atomic E-state index is -0.0568. The molecule has 1 fully saturated rings. The summed E-state index contributed by atoms with van der Waals surface area (Å²) in [6.07, 6.45) is 9.33. The second-order valence-electron chi connectivity index (χ2n) is 5.78. The lowest BCUT2D eigenvalue weighted by Crippen LogP contribution is -2.35. The van der Waals surface area contributed by atoms with Crippen LogP contribution in [-0.4, -0.2) is 50.2 Å². The SMILES string of the molecule is CCOC(=O)CCCCCNCCN(C)C1CCCC1. The van der Waals surface area contributed by atoms with Gasteiger partial charge in [0.25, 0.3) is 0 Å². The van der Waals surface area contributed by atoms with E-state index in [2.05, 4.69) is 17.3 Å². The Hall–Kier alpha value is -0.610. The van der Waals surface area contributed by atoms with Crippen LogP contribution in [0.3, 0.4) is 0 Å². The van der Waals surface area contributed by atoms with Crippen LogP contribution in [0, 0.1) is 0 Å². The lowest BCUT2D eigenvalue weighted by molar-refractivity contribution is -0.143. The third-order valence-corrected chi connectivity index (χ3v) is 4.13. The van der Waals surface area contributed by atoms with Crippen LogP contribution in [0.4, 0.5) is 0 Å². The Morgan fingerprint density at radius 3 is 2.65 bits per heavy atom. The first-order chi connectivity index (χ1) is 9.74. The number of nitrogens with zero attached hydrogens (tertiary/aromatic N) is 1. The smallest absolute Gasteiger partial charge is 0.305 e. The third kappa shape index (κ3) is 7.85. The molecule has 0 bridgehead atoms. The van der Waals surface area contributed by atoms with Gasteiger partial charge in [0.1, 0.15) is 0 Å². The number of carbonyl (C=O) groups excluding carboxylic acids is 1. The van der Waals surface area contributed by atoms with Gasteiger partial charge in [0.2, 0.25) is 0 Å². The van der Waals surface area contributed by atoms with Crippen LogP contribution in [0.1, 0.15) is 58.3 Å². The Labute approximate surface area is 124 Å². The van der Waals surface area contributed by atoms with Crippen molar-refractivity contribution in [1.29, 1.82) is 0 Å². The fourth-order valence-corrected chi connectivity index (χ4v) is 2.84. The van der Waals surface area contributed by atoms with Gasteiger partial charge in [-0.1, -0.05) is 19.3 Å². The molecule has 0 amide bonds. The average molecular weight is 284 g/mol. The van der Waals surface area contributed by atoms with E-state index < -0.39 is 0 Å². The van der Waals surface area contributed by atoms with Gasteiger partial charge in [0, 0.05) is 25.6 Å². The zero-order chi connectivity index (χ0) is 14.6. The molecule has 20 heavy (non-hydrogen) atoms. The molecule has 0 radical (unpaired) electrons. The first kappa shape index (κ1) is 17.4. The molecule has 0 unspecified atom stereocenters. The van der Waals surface area contributed by atoms with Gasteiger partial charge in [0.05, 0.1) is 6.61 Å². The number of hydrogen-bond acceptors (Lipinski definition) is 4. The summed E-state index contributed by atoms with van der Waals surface area (Å²) in [6, 6.07) is 0.821. The summed E-state index contributed by atoms with van der Waals surface area (Å²) in [5.74, 6) is -0.0568. The van der Waals surface area contributed by atoms with Crippen molar-refractivity contribution < 1.29 is 9.53 Å². The number of unbranched alkanes of at least 4 members (excludes halogenated alkanes) is 2. The summed E-state index contributed by atoms with van der Waals surface area (Å²) in [4.78, 5) is 13.6. The summed E-state index contributed by atoms with van der Waals surface area (Å²) in [6.45, 7) is 5.62. The van der Waals surface area contributed by atoms with Gasteiger partial charge >= 0.3 is 5.97 Å². The van der Waals surface area contributed by atoms with Crippen LogP contribution in [0.25, 0.3) is 0 Å². The average Bonchev–Trinajstić information content (AvgIpc) is 2.96. The predicted octanol–water partition coefficient (Wildman–Crippen LogP) is 2.57. The van der Waals surface area contributed by atoms with Crippen LogP contribution in [0.2, 0.25) is 0 Å². The Kier molecular flexibility index (Phi) is 9.67. The Bertz CT molecular complexity index is 253. The third-order valence-electron chi connectivity index (χ3n) is 4.13. The number of likely N-dealkylation sites (N-methyl/N-ethyl adjacent to an activating group) is 1. The molecule has 0 aromatic rings. The molecule has 0 heterocycles. The molecule has 1 saturated carbocycles. The van der Waals surface area contributed by atoms with Gasteiger partial charge < -0.3 is 15.0 Å². The van der Waals surface area contributed by atoms with Crippen LogP contribution < -0.4 is 5.32 Å². The topological polar surface area (TPSA) is 41.6 Å².